The number of benzene rings is 2. The summed E-state index contributed by atoms with van der Waals surface area (Å²) in [6.45, 7) is 3.37. The maximum absolute atomic E-state index is 5.60. The molecule has 0 aromatic heterocycles. The van der Waals surface area contributed by atoms with Crippen LogP contribution in [0.25, 0.3) is 0 Å². The molecule has 1 N–H and O–H groups in total. The van der Waals surface area contributed by atoms with Crippen LogP contribution in [-0.4, -0.2) is 13.2 Å². The zero-order chi connectivity index (χ0) is 13.9. The van der Waals surface area contributed by atoms with E-state index in [0.717, 1.165) is 21.7 Å². The maximum Gasteiger partial charge on any atom is 0.163 e. The lowest BCUT2D eigenvalue weighted by Gasteiger charge is -2.21. The van der Waals surface area contributed by atoms with Crippen LogP contribution in [0.3, 0.4) is 0 Å². The van der Waals surface area contributed by atoms with Crippen LogP contribution < -0.4 is 14.8 Å². The standard InChI is InChI=1S/C16H16BrNO2/c1-11(12-3-2-4-13(17)9-12)18-14-5-6-15-16(10-14)20-8-7-19-15/h2-6,9-11,18H,7-8H2,1H3. The van der Waals surface area contributed by atoms with Crippen LogP contribution in [0.4, 0.5) is 5.69 Å². The third kappa shape index (κ3) is 2.90. The van der Waals surface area contributed by atoms with Gasteiger partial charge >= 0.3 is 0 Å². The largest absolute Gasteiger partial charge is 0.486 e. The van der Waals surface area contributed by atoms with Gasteiger partial charge < -0.3 is 14.8 Å². The number of hydrogen-bond acceptors (Lipinski definition) is 3. The second-order valence-electron chi connectivity index (χ2n) is 4.78. The van der Waals surface area contributed by atoms with E-state index in [0.29, 0.717) is 13.2 Å². The number of hydrogen-bond donors (Lipinski definition) is 1. The number of fused-ring (bicyclic) bond motifs is 1. The first kappa shape index (κ1) is 13.3. The topological polar surface area (TPSA) is 30.5 Å². The van der Waals surface area contributed by atoms with Crippen LogP contribution >= 0.6 is 15.9 Å². The van der Waals surface area contributed by atoms with Gasteiger partial charge in [-0.3, -0.25) is 0 Å². The molecule has 3 nitrogen and oxygen atoms in total. The van der Waals surface area contributed by atoms with Crippen molar-refractivity contribution in [2.45, 2.75) is 13.0 Å². The molecule has 0 bridgehead atoms. The zero-order valence-electron chi connectivity index (χ0n) is 11.2. The number of rotatable bonds is 3. The summed E-state index contributed by atoms with van der Waals surface area (Å²) >= 11 is 3.50. The number of ether oxygens (including phenoxy) is 2. The van der Waals surface area contributed by atoms with Gasteiger partial charge in [0.05, 0.1) is 0 Å². The van der Waals surface area contributed by atoms with E-state index in [2.05, 4.69) is 40.3 Å². The first-order chi connectivity index (χ1) is 9.72. The molecule has 0 saturated heterocycles. The Hall–Kier alpha value is -1.68. The normalized spacial score (nSPS) is 14.7. The Morgan fingerprint density at radius 2 is 1.85 bits per heavy atom. The van der Waals surface area contributed by atoms with Gasteiger partial charge in [0.25, 0.3) is 0 Å². The summed E-state index contributed by atoms with van der Waals surface area (Å²) < 4.78 is 12.2. The van der Waals surface area contributed by atoms with Gasteiger partial charge in [0.1, 0.15) is 13.2 Å². The molecule has 20 heavy (non-hydrogen) atoms. The van der Waals surface area contributed by atoms with Crippen molar-refractivity contribution in [1.82, 2.24) is 0 Å². The first-order valence-corrected chi connectivity index (χ1v) is 7.43. The average Bonchev–Trinajstić information content (AvgIpc) is 2.47. The Balaban J connectivity index is 1.77. The van der Waals surface area contributed by atoms with Gasteiger partial charge in [-0.15, -0.1) is 0 Å². The van der Waals surface area contributed by atoms with E-state index in [4.69, 9.17) is 9.47 Å². The van der Waals surface area contributed by atoms with Crippen LogP contribution in [0.15, 0.2) is 46.9 Å². The van der Waals surface area contributed by atoms with Gasteiger partial charge in [-0.1, -0.05) is 28.1 Å². The van der Waals surface area contributed by atoms with Gasteiger partial charge in [0.2, 0.25) is 0 Å². The molecule has 2 aromatic carbocycles. The molecule has 0 aliphatic carbocycles. The van der Waals surface area contributed by atoms with Crippen LogP contribution in [0.2, 0.25) is 0 Å². The molecule has 0 amide bonds. The van der Waals surface area contributed by atoms with Crippen molar-refractivity contribution in [2.24, 2.45) is 0 Å². The molecule has 3 rings (SSSR count). The molecule has 1 aliphatic rings. The lowest BCUT2D eigenvalue weighted by molar-refractivity contribution is 0.171. The smallest absolute Gasteiger partial charge is 0.163 e. The molecule has 2 aromatic rings. The van der Waals surface area contributed by atoms with E-state index >= 15 is 0 Å². The van der Waals surface area contributed by atoms with Crippen molar-refractivity contribution in [3.05, 3.63) is 52.5 Å². The number of anilines is 1. The number of halogens is 1. The lowest BCUT2D eigenvalue weighted by Crippen LogP contribution is -2.15. The van der Waals surface area contributed by atoms with Gasteiger partial charge in [0, 0.05) is 22.3 Å². The minimum atomic E-state index is 0.218. The molecular formula is C16H16BrNO2. The van der Waals surface area contributed by atoms with Crippen molar-refractivity contribution in [1.29, 1.82) is 0 Å². The molecule has 1 aliphatic heterocycles. The molecule has 1 unspecified atom stereocenters. The third-order valence-corrected chi connectivity index (χ3v) is 3.77. The minimum Gasteiger partial charge on any atom is -0.486 e. The molecule has 0 radical (unpaired) electrons. The van der Waals surface area contributed by atoms with E-state index in [-0.39, 0.29) is 6.04 Å². The second-order valence-corrected chi connectivity index (χ2v) is 5.70. The molecule has 1 atom stereocenters. The van der Waals surface area contributed by atoms with Crippen LogP contribution in [0.1, 0.15) is 18.5 Å². The van der Waals surface area contributed by atoms with Gasteiger partial charge in [-0.05, 0) is 36.8 Å². The van der Waals surface area contributed by atoms with Crippen LogP contribution in [0.5, 0.6) is 11.5 Å². The van der Waals surface area contributed by atoms with Crippen molar-refractivity contribution in [3.8, 4) is 11.5 Å². The quantitative estimate of drug-likeness (QED) is 0.903. The van der Waals surface area contributed by atoms with Crippen LogP contribution in [0, 0.1) is 0 Å². The molecule has 0 fully saturated rings. The first-order valence-electron chi connectivity index (χ1n) is 6.64. The fourth-order valence-corrected chi connectivity index (χ4v) is 2.66. The van der Waals surface area contributed by atoms with Crippen molar-refractivity contribution < 1.29 is 9.47 Å². The second kappa shape index (κ2) is 5.75. The van der Waals surface area contributed by atoms with Gasteiger partial charge in [-0.25, -0.2) is 0 Å². The highest BCUT2D eigenvalue weighted by Gasteiger charge is 2.13. The van der Waals surface area contributed by atoms with E-state index in [9.17, 15) is 0 Å². The van der Waals surface area contributed by atoms with E-state index in [1.165, 1.54) is 5.56 Å². The summed E-state index contributed by atoms with van der Waals surface area (Å²) in [7, 11) is 0. The molecule has 0 saturated carbocycles. The molecule has 0 spiro atoms. The predicted octanol–water partition coefficient (Wildman–Crippen LogP) is 4.39. The monoisotopic (exact) mass is 333 g/mol. The highest BCUT2D eigenvalue weighted by molar-refractivity contribution is 9.10. The molecule has 1 heterocycles. The van der Waals surface area contributed by atoms with Crippen molar-refractivity contribution in [2.75, 3.05) is 18.5 Å². The average molecular weight is 334 g/mol. The summed E-state index contributed by atoms with van der Waals surface area (Å²) in [5, 5.41) is 3.48. The zero-order valence-corrected chi connectivity index (χ0v) is 12.8. The fraction of sp³-hybridized carbons (Fsp3) is 0.250. The Morgan fingerprint density at radius 3 is 2.65 bits per heavy atom. The fourth-order valence-electron chi connectivity index (χ4n) is 2.24. The summed E-state index contributed by atoms with van der Waals surface area (Å²) in [6.07, 6.45) is 0. The summed E-state index contributed by atoms with van der Waals surface area (Å²) in [6, 6.07) is 14.5. The van der Waals surface area contributed by atoms with E-state index < -0.39 is 0 Å². The van der Waals surface area contributed by atoms with E-state index in [1.54, 1.807) is 0 Å². The molecule has 4 heteroatoms. The van der Waals surface area contributed by atoms with Crippen molar-refractivity contribution in [3.63, 3.8) is 0 Å². The predicted molar refractivity (Wildman–Crippen MR) is 83.6 cm³/mol. The number of nitrogens with one attached hydrogen (secondary N) is 1. The van der Waals surface area contributed by atoms with Gasteiger partial charge in [0.15, 0.2) is 11.5 Å². The minimum absolute atomic E-state index is 0.218. The lowest BCUT2D eigenvalue weighted by atomic mass is 10.1. The SMILES string of the molecule is CC(Nc1ccc2c(c1)OCCO2)c1cccc(Br)c1. The summed E-state index contributed by atoms with van der Waals surface area (Å²) in [5.74, 6) is 1.62. The Bertz CT molecular complexity index is 615. The maximum atomic E-state index is 5.60. The Kier molecular flexibility index (Phi) is 3.83. The third-order valence-electron chi connectivity index (χ3n) is 3.27. The summed E-state index contributed by atoms with van der Waals surface area (Å²) in [4.78, 5) is 0. The summed E-state index contributed by atoms with van der Waals surface area (Å²) in [5.41, 5.74) is 2.26. The highest BCUT2D eigenvalue weighted by Crippen LogP contribution is 2.33. The van der Waals surface area contributed by atoms with Crippen molar-refractivity contribution >= 4 is 21.6 Å². The molecular weight excluding hydrogens is 318 g/mol. The Labute approximate surface area is 127 Å². The van der Waals surface area contributed by atoms with Gasteiger partial charge in [-0.2, -0.15) is 0 Å². The van der Waals surface area contributed by atoms with Crippen LogP contribution in [-0.2, 0) is 0 Å². The Morgan fingerprint density at radius 1 is 1.05 bits per heavy atom. The van der Waals surface area contributed by atoms with E-state index in [1.807, 2.05) is 30.3 Å². The molecule has 104 valence electrons. The highest BCUT2D eigenvalue weighted by atomic mass is 79.9.